The number of ether oxygens (including phenoxy) is 1. The molecule has 1 N–H and O–H groups in total. The SMILES string of the molecule is CCC(CC)n1ccc(COc2ccc(NC)cc2)n1. The molecule has 0 amide bonds. The molecule has 0 aliphatic rings. The van der Waals surface area contributed by atoms with Crippen LogP contribution >= 0.6 is 0 Å². The molecule has 0 spiro atoms. The maximum atomic E-state index is 5.75. The third-order valence-electron chi connectivity index (χ3n) is 3.51. The molecular formula is C16H23N3O. The van der Waals surface area contributed by atoms with Gasteiger partial charge in [0.15, 0.2) is 0 Å². The van der Waals surface area contributed by atoms with Gasteiger partial charge in [0.1, 0.15) is 12.4 Å². The smallest absolute Gasteiger partial charge is 0.132 e. The van der Waals surface area contributed by atoms with Gasteiger partial charge in [-0.2, -0.15) is 5.10 Å². The molecule has 0 aliphatic heterocycles. The van der Waals surface area contributed by atoms with Gasteiger partial charge in [0.25, 0.3) is 0 Å². The molecule has 0 bridgehead atoms. The second-order valence-corrected chi connectivity index (χ2v) is 4.82. The van der Waals surface area contributed by atoms with E-state index < -0.39 is 0 Å². The molecule has 0 radical (unpaired) electrons. The highest BCUT2D eigenvalue weighted by molar-refractivity contribution is 5.45. The molecule has 2 rings (SSSR count). The summed E-state index contributed by atoms with van der Waals surface area (Å²) in [5, 5.41) is 7.67. The lowest BCUT2D eigenvalue weighted by molar-refractivity contribution is 0.297. The summed E-state index contributed by atoms with van der Waals surface area (Å²) in [5.41, 5.74) is 2.05. The fraction of sp³-hybridized carbons (Fsp3) is 0.438. The van der Waals surface area contributed by atoms with E-state index in [1.54, 1.807) is 0 Å². The molecule has 1 aromatic carbocycles. The van der Waals surface area contributed by atoms with E-state index in [1.165, 1.54) is 0 Å². The summed E-state index contributed by atoms with van der Waals surface area (Å²) < 4.78 is 7.79. The second kappa shape index (κ2) is 6.98. The predicted octanol–water partition coefficient (Wildman–Crippen LogP) is 3.86. The van der Waals surface area contributed by atoms with Gasteiger partial charge in [0.2, 0.25) is 0 Å². The van der Waals surface area contributed by atoms with Crippen LogP contribution in [0, 0.1) is 0 Å². The molecule has 0 fully saturated rings. The van der Waals surface area contributed by atoms with Crippen LogP contribution in [0.5, 0.6) is 5.75 Å². The molecule has 0 atom stereocenters. The molecule has 0 aliphatic carbocycles. The van der Waals surface area contributed by atoms with Gasteiger partial charge in [-0.15, -0.1) is 0 Å². The summed E-state index contributed by atoms with van der Waals surface area (Å²) in [6, 6.07) is 10.4. The van der Waals surface area contributed by atoms with Crippen LogP contribution in [0.4, 0.5) is 5.69 Å². The molecular weight excluding hydrogens is 250 g/mol. The zero-order valence-electron chi connectivity index (χ0n) is 12.5. The molecule has 20 heavy (non-hydrogen) atoms. The lowest BCUT2D eigenvalue weighted by Crippen LogP contribution is -2.08. The fourth-order valence-electron chi connectivity index (χ4n) is 2.20. The Labute approximate surface area is 120 Å². The van der Waals surface area contributed by atoms with Gasteiger partial charge in [-0.05, 0) is 43.2 Å². The Bertz CT molecular complexity index is 515. The Morgan fingerprint density at radius 2 is 1.85 bits per heavy atom. The van der Waals surface area contributed by atoms with Gasteiger partial charge >= 0.3 is 0 Å². The lowest BCUT2D eigenvalue weighted by Gasteiger charge is -2.12. The van der Waals surface area contributed by atoms with Gasteiger partial charge in [-0.1, -0.05) is 13.8 Å². The zero-order valence-corrected chi connectivity index (χ0v) is 12.5. The van der Waals surface area contributed by atoms with Crippen molar-refractivity contribution in [2.45, 2.75) is 39.3 Å². The van der Waals surface area contributed by atoms with Crippen LogP contribution in [-0.2, 0) is 6.61 Å². The minimum Gasteiger partial charge on any atom is -0.487 e. The van der Waals surface area contributed by atoms with E-state index in [2.05, 4.69) is 24.3 Å². The van der Waals surface area contributed by atoms with Crippen molar-refractivity contribution < 1.29 is 4.74 Å². The van der Waals surface area contributed by atoms with Gasteiger partial charge in [0.05, 0.1) is 11.7 Å². The summed E-state index contributed by atoms with van der Waals surface area (Å²) in [6.45, 7) is 4.89. The Morgan fingerprint density at radius 3 is 2.45 bits per heavy atom. The third kappa shape index (κ3) is 3.53. The van der Waals surface area contributed by atoms with Crippen molar-refractivity contribution in [2.24, 2.45) is 0 Å². The first-order valence-electron chi connectivity index (χ1n) is 7.21. The Kier molecular flexibility index (Phi) is 5.04. The summed E-state index contributed by atoms with van der Waals surface area (Å²) in [4.78, 5) is 0. The molecule has 0 saturated heterocycles. The van der Waals surface area contributed by atoms with E-state index in [0.29, 0.717) is 12.6 Å². The predicted molar refractivity (Wildman–Crippen MR) is 82.2 cm³/mol. The van der Waals surface area contributed by atoms with E-state index in [4.69, 9.17) is 4.74 Å². The van der Waals surface area contributed by atoms with Crippen LogP contribution in [0.25, 0.3) is 0 Å². The van der Waals surface area contributed by atoms with Crippen LogP contribution in [0.3, 0.4) is 0 Å². The minimum absolute atomic E-state index is 0.485. The third-order valence-corrected chi connectivity index (χ3v) is 3.51. The number of anilines is 1. The largest absolute Gasteiger partial charge is 0.487 e. The maximum absolute atomic E-state index is 5.75. The number of benzene rings is 1. The summed E-state index contributed by atoms with van der Waals surface area (Å²) in [5.74, 6) is 0.862. The first kappa shape index (κ1) is 14.4. The quantitative estimate of drug-likeness (QED) is 0.832. The summed E-state index contributed by atoms with van der Waals surface area (Å²) in [6.07, 6.45) is 4.24. The van der Waals surface area contributed by atoms with Crippen LogP contribution in [0.1, 0.15) is 38.4 Å². The molecule has 4 nitrogen and oxygen atoms in total. The topological polar surface area (TPSA) is 39.1 Å². The zero-order chi connectivity index (χ0) is 14.4. The van der Waals surface area contributed by atoms with Crippen LogP contribution in [0.2, 0.25) is 0 Å². The average molecular weight is 273 g/mol. The van der Waals surface area contributed by atoms with E-state index in [9.17, 15) is 0 Å². The number of rotatable bonds is 7. The number of aromatic nitrogens is 2. The van der Waals surface area contributed by atoms with Crippen molar-refractivity contribution in [3.63, 3.8) is 0 Å². The van der Waals surface area contributed by atoms with E-state index in [1.807, 2.05) is 48.3 Å². The lowest BCUT2D eigenvalue weighted by atomic mass is 10.2. The number of hydrogen-bond acceptors (Lipinski definition) is 3. The normalized spacial score (nSPS) is 10.8. The van der Waals surface area contributed by atoms with Crippen molar-refractivity contribution >= 4 is 5.69 Å². The minimum atomic E-state index is 0.485. The van der Waals surface area contributed by atoms with Crippen LogP contribution in [0.15, 0.2) is 36.5 Å². The molecule has 0 unspecified atom stereocenters. The first-order valence-corrected chi connectivity index (χ1v) is 7.21. The fourth-order valence-corrected chi connectivity index (χ4v) is 2.20. The number of nitrogens with zero attached hydrogens (tertiary/aromatic N) is 2. The maximum Gasteiger partial charge on any atom is 0.132 e. The van der Waals surface area contributed by atoms with Crippen molar-refractivity contribution in [3.05, 3.63) is 42.2 Å². The highest BCUT2D eigenvalue weighted by Crippen LogP contribution is 2.17. The Hall–Kier alpha value is -1.97. The highest BCUT2D eigenvalue weighted by atomic mass is 16.5. The number of nitrogens with one attached hydrogen (secondary N) is 1. The molecule has 1 aromatic heterocycles. The number of hydrogen-bond donors (Lipinski definition) is 1. The molecule has 1 heterocycles. The van der Waals surface area contributed by atoms with Gasteiger partial charge < -0.3 is 10.1 Å². The molecule has 4 heteroatoms. The standard InChI is InChI=1S/C16H23N3O/c1-4-15(5-2)19-11-10-14(18-19)12-20-16-8-6-13(17-3)7-9-16/h6-11,15,17H,4-5,12H2,1-3H3. The van der Waals surface area contributed by atoms with E-state index in [0.717, 1.165) is 30.0 Å². The summed E-state index contributed by atoms with van der Waals surface area (Å²) >= 11 is 0. The van der Waals surface area contributed by atoms with Gasteiger partial charge in [0, 0.05) is 18.9 Å². The van der Waals surface area contributed by atoms with Crippen LogP contribution in [-0.4, -0.2) is 16.8 Å². The second-order valence-electron chi connectivity index (χ2n) is 4.82. The Balaban J connectivity index is 1.93. The molecule has 2 aromatic rings. The van der Waals surface area contributed by atoms with Crippen molar-refractivity contribution in [2.75, 3.05) is 12.4 Å². The van der Waals surface area contributed by atoms with Crippen molar-refractivity contribution in [1.82, 2.24) is 9.78 Å². The van der Waals surface area contributed by atoms with Crippen LogP contribution < -0.4 is 10.1 Å². The average Bonchev–Trinajstić information content (AvgIpc) is 2.96. The monoisotopic (exact) mass is 273 g/mol. The first-order chi connectivity index (χ1) is 9.76. The van der Waals surface area contributed by atoms with Gasteiger partial charge in [-0.25, -0.2) is 0 Å². The van der Waals surface area contributed by atoms with Crippen molar-refractivity contribution in [3.8, 4) is 5.75 Å². The Morgan fingerprint density at radius 1 is 1.15 bits per heavy atom. The molecule has 108 valence electrons. The van der Waals surface area contributed by atoms with Gasteiger partial charge in [-0.3, -0.25) is 4.68 Å². The highest BCUT2D eigenvalue weighted by Gasteiger charge is 2.08. The van der Waals surface area contributed by atoms with E-state index >= 15 is 0 Å². The summed E-state index contributed by atoms with van der Waals surface area (Å²) in [7, 11) is 1.90. The van der Waals surface area contributed by atoms with E-state index in [-0.39, 0.29) is 0 Å². The molecule has 0 saturated carbocycles. The van der Waals surface area contributed by atoms with Crippen molar-refractivity contribution in [1.29, 1.82) is 0 Å².